The van der Waals surface area contributed by atoms with Crippen molar-refractivity contribution in [3.05, 3.63) is 0 Å². The molecule has 1 rings (SSSR count). The Balaban J connectivity index is 2.67. The highest BCUT2D eigenvalue weighted by atomic mass is 16.4. The highest BCUT2D eigenvalue weighted by Gasteiger charge is 2.36. The lowest BCUT2D eigenvalue weighted by Gasteiger charge is -2.28. The molecule has 1 heterocycles. The largest absolute Gasteiger partial charge is 0.480 e. The molecule has 2 atom stereocenters. The van der Waals surface area contributed by atoms with Crippen LogP contribution in [0, 0.1) is 5.41 Å². The van der Waals surface area contributed by atoms with Crippen molar-refractivity contribution >= 4 is 17.8 Å². The summed E-state index contributed by atoms with van der Waals surface area (Å²) in [6, 6.07) is -1.48. The van der Waals surface area contributed by atoms with Crippen LogP contribution in [0.1, 0.15) is 47.0 Å². The quantitative estimate of drug-likeness (QED) is 0.806. The van der Waals surface area contributed by atoms with Crippen LogP contribution in [0.15, 0.2) is 0 Å². The molecule has 0 aromatic rings. The first-order valence-corrected chi connectivity index (χ1v) is 6.94. The van der Waals surface area contributed by atoms with Crippen molar-refractivity contribution in [2.24, 2.45) is 5.41 Å². The molecule has 1 aliphatic rings. The maximum atomic E-state index is 12.2. The summed E-state index contributed by atoms with van der Waals surface area (Å²) in [6.07, 6.45) is 1.74. The van der Waals surface area contributed by atoms with Gasteiger partial charge in [-0.25, -0.2) is 0 Å². The Morgan fingerprint density at radius 2 is 1.95 bits per heavy atom. The predicted octanol–water partition coefficient (Wildman–Crippen LogP) is 1.00. The highest BCUT2D eigenvalue weighted by molar-refractivity contribution is 5.90. The molecule has 6 nitrogen and oxygen atoms in total. The number of carboxylic acids is 1. The van der Waals surface area contributed by atoms with Gasteiger partial charge in [0, 0.05) is 13.0 Å². The van der Waals surface area contributed by atoms with E-state index in [-0.39, 0.29) is 17.2 Å². The molecule has 1 unspecified atom stereocenters. The number of hydrogen-bond donors (Lipinski definition) is 2. The van der Waals surface area contributed by atoms with Gasteiger partial charge in [-0.15, -0.1) is 0 Å². The van der Waals surface area contributed by atoms with E-state index < -0.39 is 18.1 Å². The van der Waals surface area contributed by atoms with Gasteiger partial charge < -0.3 is 15.3 Å². The molecule has 2 N–H and O–H groups in total. The Kier molecular flexibility index (Phi) is 5.14. The van der Waals surface area contributed by atoms with Crippen LogP contribution in [0.5, 0.6) is 0 Å². The lowest BCUT2D eigenvalue weighted by Crippen LogP contribution is -2.50. The zero-order chi connectivity index (χ0) is 15.5. The average Bonchev–Trinajstić information content (AvgIpc) is 2.74. The topological polar surface area (TPSA) is 86.7 Å². The van der Waals surface area contributed by atoms with Crippen LogP contribution < -0.4 is 5.32 Å². The van der Waals surface area contributed by atoms with Gasteiger partial charge in [-0.1, -0.05) is 20.8 Å². The number of likely N-dealkylation sites (tertiary alicyclic amines) is 1. The van der Waals surface area contributed by atoms with Crippen molar-refractivity contribution in [1.29, 1.82) is 0 Å². The first-order valence-electron chi connectivity index (χ1n) is 6.94. The van der Waals surface area contributed by atoms with Crippen LogP contribution in [-0.4, -0.2) is 46.4 Å². The van der Waals surface area contributed by atoms with Gasteiger partial charge in [-0.2, -0.15) is 0 Å². The van der Waals surface area contributed by atoms with E-state index in [4.69, 9.17) is 5.11 Å². The third-order valence-electron chi connectivity index (χ3n) is 3.29. The van der Waals surface area contributed by atoms with Crippen molar-refractivity contribution in [2.45, 2.75) is 59.0 Å². The minimum absolute atomic E-state index is 0.0434. The number of carbonyl (C=O) groups excluding carboxylic acids is 2. The Labute approximate surface area is 119 Å². The van der Waals surface area contributed by atoms with Crippen molar-refractivity contribution in [1.82, 2.24) is 10.2 Å². The molecule has 1 saturated heterocycles. The highest BCUT2D eigenvalue weighted by Crippen LogP contribution is 2.24. The summed E-state index contributed by atoms with van der Waals surface area (Å²) in [4.78, 5) is 36.6. The predicted molar refractivity (Wildman–Crippen MR) is 74.0 cm³/mol. The van der Waals surface area contributed by atoms with E-state index in [1.165, 1.54) is 6.92 Å². The van der Waals surface area contributed by atoms with Crippen LogP contribution in [0.25, 0.3) is 0 Å². The molecule has 114 valence electrons. The van der Waals surface area contributed by atoms with Crippen LogP contribution in [-0.2, 0) is 14.4 Å². The van der Waals surface area contributed by atoms with Gasteiger partial charge in [-0.05, 0) is 25.2 Å². The molecular weight excluding hydrogens is 260 g/mol. The normalized spacial score (nSPS) is 20.6. The fourth-order valence-electron chi connectivity index (χ4n) is 2.26. The molecule has 0 saturated carbocycles. The third kappa shape index (κ3) is 4.51. The first-order chi connectivity index (χ1) is 9.11. The number of carbonyl (C=O) groups is 3. The molecule has 2 amide bonds. The summed E-state index contributed by atoms with van der Waals surface area (Å²) in [5.74, 6) is -1.50. The molecule has 20 heavy (non-hydrogen) atoms. The second kappa shape index (κ2) is 6.24. The molecule has 0 aliphatic carbocycles. The Bertz CT molecular complexity index is 400. The van der Waals surface area contributed by atoms with Gasteiger partial charge in [0.05, 0.1) is 0 Å². The summed E-state index contributed by atoms with van der Waals surface area (Å²) >= 11 is 0. The van der Waals surface area contributed by atoms with E-state index in [2.05, 4.69) is 5.32 Å². The molecular formula is C14H24N2O4. The average molecular weight is 284 g/mol. The Morgan fingerprint density at radius 3 is 2.45 bits per heavy atom. The first kappa shape index (κ1) is 16.5. The van der Waals surface area contributed by atoms with Crippen LogP contribution in [0.4, 0.5) is 0 Å². The van der Waals surface area contributed by atoms with Crippen molar-refractivity contribution in [3.63, 3.8) is 0 Å². The van der Waals surface area contributed by atoms with Gasteiger partial charge >= 0.3 is 5.97 Å². The molecule has 0 bridgehead atoms. The molecule has 0 spiro atoms. The Hall–Kier alpha value is -1.59. The number of hydrogen-bond acceptors (Lipinski definition) is 3. The van der Waals surface area contributed by atoms with Gasteiger partial charge in [0.2, 0.25) is 11.8 Å². The smallest absolute Gasteiger partial charge is 0.325 e. The fraction of sp³-hybridized carbons (Fsp3) is 0.786. The minimum Gasteiger partial charge on any atom is -0.480 e. The maximum absolute atomic E-state index is 12.2. The molecule has 0 aromatic heterocycles. The third-order valence-corrected chi connectivity index (χ3v) is 3.29. The number of nitrogens with zero attached hydrogens (tertiary/aromatic N) is 1. The molecule has 6 heteroatoms. The van der Waals surface area contributed by atoms with Crippen molar-refractivity contribution in [2.75, 3.05) is 6.54 Å². The van der Waals surface area contributed by atoms with Gasteiger partial charge in [0.1, 0.15) is 12.1 Å². The van der Waals surface area contributed by atoms with Crippen molar-refractivity contribution < 1.29 is 19.5 Å². The maximum Gasteiger partial charge on any atom is 0.325 e. The monoisotopic (exact) mass is 284 g/mol. The number of aliphatic carboxylic acids is 1. The molecule has 0 aromatic carbocycles. The molecule has 1 aliphatic heterocycles. The molecule has 1 fully saturated rings. The zero-order valence-corrected chi connectivity index (χ0v) is 12.6. The van der Waals surface area contributed by atoms with E-state index in [9.17, 15) is 14.4 Å². The fourth-order valence-corrected chi connectivity index (χ4v) is 2.26. The summed E-state index contributed by atoms with van der Waals surface area (Å²) in [7, 11) is 0. The number of amides is 2. The lowest BCUT2D eigenvalue weighted by molar-refractivity contribution is -0.143. The SMILES string of the molecule is C[C@@H](NC(=O)C1CCCN1C(=O)CC(C)(C)C)C(=O)O. The number of rotatable bonds is 4. The second-order valence-electron chi connectivity index (χ2n) is 6.55. The summed E-state index contributed by atoms with van der Waals surface area (Å²) in [5.41, 5.74) is -0.130. The van der Waals surface area contributed by atoms with Crippen LogP contribution in [0.2, 0.25) is 0 Å². The number of nitrogens with one attached hydrogen (secondary N) is 1. The zero-order valence-electron chi connectivity index (χ0n) is 12.6. The van der Waals surface area contributed by atoms with Gasteiger partial charge in [0.25, 0.3) is 0 Å². The number of carboxylic acid groups (broad SMARTS) is 1. The van der Waals surface area contributed by atoms with E-state index in [1.807, 2.05) is 20.8 Å². The summed E-state index contributed by atoms with van der Waals surface area (Å²) in [6.45, 7) is 7.90. The van der Waals surface area contributed by atoms with E-state index in [0.717, 1.165) is 6.42 Å². The van der Waals surface area contributed by atoms with Gasteiger partial charge in [-0.3, -0.25) is 14.4 Å². The molecule has 0 radical (unpaired) electrons. The van der Waals surface area contributed by atoms with Crippen LogP contribution >= 0.6 is 0 Å². The van der Waals surface area contributed by atoms with E-state index in [0.29, 0.717) is 19.4 Å². The van der Waals surface area contributed by atoms with E-state index >= 15 is 0 Å². The summed E-state index contributed by atoms with van der Waals surface area (Å²) < 4.78 is 0. The summed E-state index contributed by atoms with van der Waals surface area (Å²) in [5, 5.41) is 11.2. The van der Waals surface area contributed by atoms with Crippen LogP contribution in [0.3, 0.4) is 0 Å². The Morgan fingerprint density at radius 1 is 1.35 bits per heavy atom. The lowest BCUT2D eigenvalue weighted by atomic mass is 9.91. The van der Waals surface area contributed by atoms with E-state index in [1.54, 1.807) is 4.90 Å². The van der Waals surface area contributed by atoms with Crippen molar-refractivity contribution in [3.8, 4) is 0 Å². The minimum atomic E-state index is -1.08. The second-order valence-corrected chi connectivity index (χ2v) is 6.55. The van der Waals surface area contributed by atoms with Gasteiger partial charge in [0.15, 0.2) is 0 Å². The standard InChI is InChI=1S/C14H24N2O4/c1-9(13(19)20)15-12(18)10-6-5-7-16(10)11(17)8-14(2,3)4/h9-10H,5-8H2,1-4H3,(H,15,18)(H,19,20)/t9-,10?/m1/s1.